The molecule has 0 bridgehead atoms. The van der Waals surface area contributed by atoms with Gasteiger partial charge in [-0.1, -0.05) is 36.4 Å². The van der Waals surface area contributed by atoms with E-state index in [0.29, 0.717) is 18.0 Å². The molecule has 3 rings (SSSR count). The number of carbonyl (C=O) groups is 2. The standard InChI is InChI=1S/C23H29N3O5S/c1-3-25(17-21(27)24-19-10-7-11-20(16-19)31-2)23(28)22(18-8-5-4-6-9-18)26-12-14-32(29,30)15-13-26/h4-11,16,22H,3,12-15,17H2,1-2H3,(H,24,27). The number of anilines is 1. The lowest BCUT2D eigenvalue weighted by atomic mass is 10.0. The summed E-state index contributed by atoms with van der Waals surface area (Å²) >= 11 is 0. The van der Waals surface area contributed by atoms with Crippen LogP contribution >= 0.6 is 0 Å². The summed E-state index contributed by atoms with van der Waals surface area (Å²) < 4.78 is 29.0. The van der Waals surface area contributed by atoms with Crippen molar-refractivity contribution in [3.05, 3.63) is 60.2 Å². The topological polar surface area (TPSA) is 96.0 Å². The number of nitrogens with one attached hydrogen (secondary N) is 1. The fourth-order valence-corrected chi connectivity index (χ4v) is 4.95. The molecule has 1 atom stereocenters. The molecule has 8 nitrogen and oxygen atoms in total. The van der Waals surface area contributed by atoms with Crippen molar-refractivity contribution in [1.82, 2.24) is 9.80 Å². The molecule has 0 spiro atoms. The summed E-state index contributed by atoms with van der Waals surface area (Å²) in [5, 5.41) is 2.80. The average Bonchev–Trinajstić information content (AvgIpc) is 2.79. The maximum absolute atomic E-state index is 13.6. The second-order valence-corrected chi connectivity index (χ2v) is 9.94. The SMILES string of the molecule is CCN(CC(=O)Nc1cccc(OC)c1)C(=O)C(c1ccccc1)N1CCS(=O)(=O)CC1. The summed E-state index contributed by atoms with van der Waals surface area (Å²) in [6.45, 7) is 2.61. The number of hydrogen-bond donors (Lipinski definition) is 1. The smallest absolute Gasteiger partial charge is 0.244 e. The molecule has 1 fully saturated rings. The molecule has 32 heavy (non-hydrogen) atoms. The number of sulfone groups is 1. The van der Waals surface area contributed by atoms with Crippen LogP contribution in [0.2, 0.25) is 0 Å². The molecular formula is C23H29N3O5S. The monoisotopic (exact) mass is 459 g/mol. The Morgan fingerprint density at radius 3 is 2.41 bits per heavy atom. The van der Waals surface area contributed by atoms with E-state index < -0.39 is 15.9 Å². The number of rotatable bonds is 8. The molecule has 1 aliphatic rings. The Morgan fingerprint density at radius 1 is 1.09 bits per heavy atom. The van der Waals surface area contributed by atoms with E-state index in [1.54, 1.807) is 31.4 Å². The first-order chi connectivity index (χ1) is 15.3. The molecule has 0 radical (unpaired) electrons. The molecule has 9 heteroatoms. The van der Waals surface area contributed by atoms with Gasteiger partial charge in [-0.3, -0.25) is 14.5 Å². The molecule has 2 aromatic carbocycles. The summed E-state index contributed by atoms with van der Waals surface area (Å²) in [5.41, 5.74) is 1.36. The fourth-order valence-electron chi connectivity index (χ4n) is 3.72. The minimum atomic E-state index is -3.08. The quantitative estimate of drug-likeness (QED) is 0.648. The Hall–Kier alpha value is -2.91. The van der Waals surface area contributed by atoms with E-state index in [4.69, 9.17) is 4.74 Å². The van der Waals surface area contributed by atoms with Crippen LogP contribution in [0, 0.1) is 0 Å². The van der Waals surface area contributed by atoms with Crippen LogP contribution in [0.25, 0.3) is 0 Å². The fraction of sp³-hybridized carbons (Fsp3) is 0.391. The Labute approximate surface area is 189 Å². The van der Waals surface area contributed by atoms with Gasteiger partial charge in [0.15, 0.2) is 9.84 Å². The first-order valence-electron chi connectivity index (χ1n) is 10.5. The Bertz CT molecular complexity index is 1030. The maximum atomic E-state index is 13.6. The average molecular weight is 460 g/mol. The van der Waals surface area contributed by atoms with E-state index in [2.05, 4.69) is 5.32 Å². The highest BCUT2D eigenvalue weighted by Crippen LogP contribution is 2.25. The van der Waals surface area contributed by atoms with Crippen molar-refractivity contribution in [2.45, 2.75) is 13.0 Å². The highest BCUT2D eigenvalue weighted by Gasteiger charge is 2.35. The predicted octanol–water partition coefficient (Wildman–Crippen LogP) is 1.95. The van der Waals surface area contributed by atoms with Crippen molar-refractivity contribution in [1.29, 1.82) is 0 Å². The lowest BCUT2D eigenvalue weighted by Gasteiger charge is -2.36. The lowest BCUT2D eigenvalue weighted by Crippen LogP contribution is -2.50. The van der Waals surface area contributed by atoms with Gasteiger partial charge in [0.05, 0.1) is 25.2 Å². The van der Waals surface area contributed by atoms with Crippen LogP contribution in [-0.2, 0) is 19.4 Å². The number of likely N-dealkylation sites (N-methyl/N-ethyl adjacent to an activating group) is 1. The Morgan fingerprint density at radius 2 is 1.78 bits per heavy atom. The molecule has 2 aromatic rings. The van der Waals surface area contributed by atoms with E-state index >= 15 is 0 Å². The molecule has 0 aromatic heterocycles. The third-order valence-corrected chi connectivity index (χ3v) is 7.08. The Balaban J connectivity index is 1.76. The van der Waals surface area contributed by atoms with Gasteiger partial charge < -0.3 is 15.0 Å². The van der Waals surface area contributed by atoms with E-state index in [-0.39, 0.29) is 43.0 Å². The van der Waals surface area contributed by atoms with E-state index in [1.165, 1.54) is 4.90 Å². The third kappa shape index (κ3) is 6.08. The normalized spacial score (nSPS) is 16.7. The number of hydrogen-bond acceptors (Lipinski definition) is 6. The molecule has 1 saturated heterocycles. The van der Waals surface area contributed by atoms with Crippen molar-refractivity contribution < 1.29 is 22.7 Å². The summed E-state index contributed by atoms with van der Waals surface area (Å²) in [7, 11) is -1.53. The first-order valence-corrected chi connectivity index (χ1v) is 12.4. The van der Waals surface area contributed by atoms with Gasteiger partial charge in [-0.2, -0.15) is 0 Å². The number of ether oxygens (including phenoxy) is 1. The van der Waals surface area contributed by atoms with Crippen LogP contribution in [-0.4, -0.2) is 74.8 Å². The lowest BCUT2D eigenvalue weighted by molar-refractivity contribution is -0.139. The molecule has 0 saturated carbocycles. The van der Waals surface area contributed by atoms with Crippen LogP contribution in [0.4, 0.5) is 5.69 Å². The number of benzene rings is 2. The summed E-state index contributed by atoms with van der Waals surface area (Å²) in [4.78, 5) is 29.6. The maximum Gasteiger partial charge on any atom is 0.244 e. The predicted molar refractivity (Wildman–Crippen MR) is 123 cm³/mol. The van der Waals surface area contributed by atoms with E-state index in [9.17, 15) is 18.0 Å². The zero-order valence-corrected chi connectivity index (χ0v) is 19.2. The summed E-state index contributed by atoms with van der Waals surface area (Å²) in [6.07, 6.45) is 0. The summed E-state index contributed by atoms with van der Waals surface area (Å²) in [6, 6.07) is 15.6. The molecule has 1 aliphatic heterocycles. The van der Waals surface area contributed by atoms with Gasteiger partial charge in [0, 0.05) is 31.4 Å². The number of carbonyl (C=O) groups excluding carboxylic acids is 2. The first kappa shape index (κ1) is 23.7. The van der Waals surface area contributed by atoms with Crippen molar-refractivity contribution in [3.63, 3.8) is 0 Å². The summed E-state index contributed by atoms with van der Waals surface area (Å²) in [5.74, 6) is 0.119. The zero-order valence-electron chi connectivity index (χ0n) is 18.4. The van der Waals surface area contributed by atoms with Crippen molar-refractivity contribution >= 4 is 27.3 Å². The van der Waals surface area contributed by atoms with Crippen molar-refractivity contribution in [3.8, 4) is 5.75 Å². The number of nitrogens with zero attached hydrogens (tertiary/aromatic N) is 2. The van der Waals surface area contributed by atoms with Crippen molar-refractivity contribution in [2.24, 2.45) is 0 Å². The number of methoxy groups -OCH3 is 1. The molecule has 1 heterocycles. The van der Waals surface area contributed by atoms with Gasteiger partial charge in [-0.25, -0.2) is 8.42 Å². The molecular weight excluding hydrogens is 430 g/mol. The van der Waals surface area contributed by atoms with Gasteiger partial charge in [0.25, 0.3) is 0 Å². The van der Waals surface area contributed by atoms with Crippen LogP contribution in [0.1, 0.15) is 18.5 Å². The molecule has 1 N–H and O–H groups in total. The van der Waals surface area contributed by atoms with Gasteiger partial charge in [-0.15, -0.1) is 0 Å². The van der Waals surface area contributed by atoms with Crippen LogP contribution < -0.4 is 10.1 Å². The zero-order chi connectivity index (χ0) is 23.1. The van der Waals surface area contributed by atoms with E-state index in [1.807, 2.05) is 42.2 Å². The Kier molecular flexibility index (Phi) is 7.87. The minimum Gasteiger partial charge on any atom is -0.497 e. The molecule has 0 aliphatic carbocycles. The highest BCUT2D eigenvalue weighted by molar-refractivity contribution is 7.91. The van der Waals surface area contributed by atoms with Gasteiger partial charge in [0.2, 0.25) is 11.8 Å². The van der Waals surface area contributed by atoms with Crippen molar-refractivity contribution in [2.75, 3.05) is 50.1 Å². The largest absolute Gasteiger partial charge is 0.497 e. The number of amides is 2. The van der Waals surface area contributed by atoms with E-state index in [0.717, 1.165) is 5.56 Å². The third-order valence-electron chi connectivity index (χ3n) is 5.47. The second kappa shape index (κ2) is 10.6. The second-order valence-electron chi connectivity index (χ2n) is 7.63. The van der Waals surface area contributed by atoms with Gasteiger partial charge in [-0.05, 0) is 24.6 Å². The van der Waals surface area contributed by atoms with Gasteiger partial charge >= 0.3 is 0 Å². The molecule has 2 amide bonds. The van der Waals surface area contributed by atoms with Gasteiger partial charge in [0.1, 0.15) is 11.8 Å². The van der Waals surface area contributed by atoms with Crippen LogP contribution in [0.3, 0.4) is 0 Å². The molecule has 172 valence electrons. The molecule has 1 unspecified atom stereocenters. The van der Waals surface area contributed by atoms with Crippen LogP contribution in [0.15, 0.2) is 54.6 Å². The van der Waals surface area contributed by atoms with Crippen LogP contribution in [0.5, 0.6) is 5.75 Å². The highest BCUT2D eigenvalue weighted by atomic mass is 32.2. The minimum absolute atomic E-state index is 0.0199.